The van der Waals surface area contributed by atoms with Crippen molar-refractivity contribution in [1.29, 1.82) is 0 Å². The number of allylic oxidation sites excluding steroid dienone is 1. The molecule has 0 saturated heterocycles. The van der Waals surface area contributed by atoms with Gasteiger partial charge in [-0.1, -0.05) is 31.2 Å². The van der Waals surface area contributed by atoms with Gasteiger partial charge in [-0.05, 0) is 26.8 Å². The monoisotopic (exact) mass is 315 g/mol. The molecule has 122 valence electrons. The number of carbonyl (C=O) groups is 3. The van der Waals surface area contributed by atoms with Crippen LogP contribution in [0.25, 0.3) is 0 Å². The van der Waals surface area contributed by atoms with E-state index in [1.165, 1.54) is 6.08 Å². The van der Waals surface area contributed by atoms with Crippen molar-refractivity contribution in [1.82, 2.24) is 5.32 Å². The maximum atomic E-state index is 12.5. The number of Topliss-reactive ketones (excluding diaryl/α,β-unsaturated/α-hetero) is 1. The number of alkyl carbamates (subject to hydrolysis) is 1. The molecule has 0 spiro atoms. The van der Waals surface area contributed by atoms with E-state index in [0.29, 0.717) is 16.7 Å². The number of rotatable bonds is 3. The average molecular weight is 315 g/mol. The van der Waals surface area contributed by atoms with Gasteiger partial charge in [0, 0.05) is 29.2 Å². The zero-order valence-corrected chi connectivity index (χ0v) is 13.8. The van der Waals surface area contributed by atoms with Crippen LogP contribution in [-0.4, -0.2) is 29.8 Å². The zero-order chi connectivity index (χ0) is 17.2. The summed E-state index contributed by atoms with van der Waals surface area (Å²) in [6, 6.07) is 6.76. The molecule has 2 rings (SSSR count). The van der Waals surface area contributed by atoms with Crippen LogP contribution in [0.3, 0.4) is 0 Å². The van der Waals surface area contributed by atoms with Crippen molar-refractivity contribution in [2.45, 2.75) is 33.3 Å². The number of fused-ring (bicyclic) bond motifs is 1. The van der Waals surface area contributed by atoms with Gasteiger partial charge in [0.2, 0.25) is 0 Å². The van der Waals surface area contributed by atoms with Crippen LogP contribution in [0.4, 0.5) is 4.79 Å². The molecule has 1 aliphatic carbocycles. The van der Waals surface area contributed by atoms with Crippen molar-refractivity contribution in [3.8, 4) is 0 Å². The molecule has 23 heavy (non-hydrogen) atoms. The van der Waals surface area contributed by atoms with Crippen molar-refractivity contribution in [2.24, 2.45) is 5.92 Å². The van der Waals surface area contributed by atoms with E-state index in [9.17, 15) is 14.4 Å². The lowest BCUT2D eigenvalue weighted by atomic mass is 9.84. The molecule has 1 aromatic carbocycles. The zero-order valence-electron chi connectivity index (χ0n) is 13.8. The number of amides is 1. The fourth-order valence-electron chi connectivity index (χ4n) is 2.36. The predicted molar refractivity (Wildman–Crippen MR) is 86.6 cm³/mol. The lowest BCUT2D eigenvalue weighted by Gasteiger charge is -2.22. The molecule has 5 heteroatoms. The molecule has 0 heterocycles. The number of hydrogen-bond acceptors (Lipinski definition) is 4. The van der Waals surface area contributed by atoms with Gasteiger partial charge < -0.3 is 10.1 Å². The number of benzene rings is 1. The molecule has 0 bridgehead atoms. The predicted octanol–water partition coefficient (Wildman–Crippen LogP) is 3.15. The molecule has 1 atom stereocenters. The minimum atomic E-state index is -0.581. The van der Waals surface area contributed by atoms with E-state index < -0.39 is 11.7 Å². The van der Waals surface area contributed by atoms with E-state index in [1.807, 2.05) is 0 Å². The second kappa shape index (κ2) is 6.36. The summed E-state index contributed by atoms with van der Waals surface area (Å²) in [7, 11) is 0. The van der Waals surface area contributed by atoms with Crippen LogP contribution in [0.2, 0.25) is 0 Å². The highest BCUT2D eigenvalue weighted by molar-refractivity contribution is 6.24. The second-order valence-corrected chi connectivity index (χ2v) is 6.62. The second-order valence-electron chi connectivity index (χ2n) is 6.62. The van der Waals surface area contributed by atoms with Gasteiger partial charge in [0.1, 0.15) is 5.60 Å². The lowest BCUT2D eigenvalue weighted by molar-refractivity contribution is 0.0521. The van der Waals surface area contributed by atoms with E-state index in [2.05, 4.69) is 5.32 Å². The van der Waals surface area contributed by atoms with E-state index in [0.717, 1.165) is 0 Å². The molecular weight excluding hydrogens is 294 g/mol. The number of hydrogen-bond donors (Lipinski definition) is 1. The SMILES string of the molecule is CC(CNC(=O)OC(C)(C)C)C1=CC(=O)c2ccccc2C1=O. The molecular formula is C18H21NO4. The summed E-state index contributed by atoms with van der Waals surface area (Å²) >= 11 is 0. The van der Waals surface area contributed by atoms with Crippen molar-refractivity contribution < 1.29 is 19.1 Å². The fraction of sp³-hybridized carbons (Fsp3) is 0.389. The Kier molecular flexibility index (Phi) is 4.68. The van der Waals surface area contributed by atoms with E-state index in [-0.39, 0.29) is 24.0 Å². The Morgan fingerprint density at radius 2 is 1.78 bits per heavy atom. The van der Waals surface area contributed by atoms with Crippen LogP contribution >= 0.6 is 0 Å². The van der Waals surface area contributed by atoms with Gasteiger partial charge in [0.15, 0.2) is 11.6 Å². The Hall–Kier alpha value is -2.43. The molecule has 0 radical (unpaired) electrons. The van der Waals surface area contributed by atoms with Crippen molar-refractivity contribution in [3.63, 3.8) is 0 Å². The van der Waals surface area contributed by atoms with Crippen LogP contribution in [0.1, 0.15) is 48.4 Å². The minimum absolute atomic E-state index is 0.168. The summed E-state index contributed by atoms with van der Waals surface area (Å²) in [6.45, 7) is 7.35. The van der Waals surface area contributed by atoms with Gasteiger partial charge in [-0.3, -0.25) is 9.59 Å². The van der Waals surface area contributed by atoms with Gasteiger partial charge >= 0.3 is 6.09 Å². The Balaban J connectivity index is 2.06. The third-order valence-electron chi connectivity index (χ3n) is 3.47. The summed E-state index contributed by atoms with van der Waals surface area (Å²) in [5.74, 6) is -0.634. The summed E-state index contributed by atoms with van der Waals surface area (Å²) in [5.41, 5.74) is 0.666. The summed E-state index contributed by atoms with van der Waals surface area (Å²) in [5, 5.41) is 2.63. The third-order valence-corrected chi connectivity index (χ3v) is 3.47. The Morgan fingerprint density at radius 3 is 2.39 bits per heavy atom. The summed E-state index contributed by atoms with van der Waals surface area (Å²) in [4.78, 5) is 36.3. The Labute approximate surface area is 135 Å². The molecule has 5 nitrogen and oxygen atoms in total. The van der Waals surface area contributed by atoms with Gasteiger partial charge in [0.25, 0.3) is 0 Å². The van der Waals surface area contributed by atoms with E-state index in [4.69, 9.17) is 4.74 Å². The Bertz CT molecular complexity index is 683. The first kappa shape index (κ1) is 16.9. The third kappa shape index (κ3) is 4.06. The van der Waals surface area contributed by atoms with Gasteiger partial charge in [-0.2, -0.15) is 0 Å². The first-order chi connectivity index (χ1) is 10.7. The number of nitrogens with one attached hydrogen (secondary N) is 1. The molecule has 1 amide bonds. The smallest absolute Gasteiger partial charge is 0.407 e. The number of carbonyl (C=O) groups excluding carboxylic acids is 3. The average Bonchev–Trinajstić information content (AvgIpc) is 2.47. The standard InChI is InChI=1S/C18H21NO4/c1-11(10-19-17(22)23-18(2,3)4)14-9-15(20)12-7-5-6-8-13(12)16(14)21/h5-9,11H,10H2,1-4H3,(H,19,22). The highest BCUT2D eigenvalue weighted by Crippen LogP contribution is 2.25. The summed E-state index contributed by atoms with van der Waals surface area (Å²) < 4.78 is 5.16. The van der Waals surface area contributed by atoms with Crippen molar-refractivity contribution in [3.05, 3.63) is 47.0 Å². The molecule has 0 aromatic heterocycles. The molecule has 1 N–H and O–H groups in total. The highest BCUT2D eigenvalue weighted by Gasteiger charge is 2.28. The van der Waals surface area contributed by atoms with Crippen LogP contribution in [-0.2, 0) is 4.74 Å². The normalized spacial score (nSPS) is 15.6. The fourth-order valence-corrected chi connectivity index (χ4v) is 2.36. The maximum absolute atomic E-state index is 12.5. The van der Waals surface area contributed by atoms with Crippen LogP contribution in [0, 0.1) is 5.92 Å². The van der Waals surface area contributed by atoms with Crippen LogP contribution < -0.4 is 5.32 Å². The number of ketones is 2. The Morgan fingerprint density at radius 1 is 1.17 bits per heavy atom. The number of ether oxygens (including phenoxy) is 1. The molecule has 0 fully saturated rings. The van der Waals surface area contributed by atoms with Crippen LogP contribution in [0.15, 0.2) is 35.9 Å². The van der Waals surface area contributed by atoms with Crippen molar-refractivity contribution >= 4 is 17.7 Å². The first-order valence-electron chi connectivity index (χ1n) is 7.55. The van der Waals surface area contributed by atoms with Gasteiger partial charge in [-0.15, -0.1) is 0 Å². The minimum Gasteiger partial charge on any atom is -0.444 e. The summed E-state index contributed by atoms with van der Waals surface area (Å²) in [6.07, 6.45) is 0.825. The van der Waals surface area contributed by atoms with E-state index >= 15 is 0 Å². The van der Waals surface area contributed by atoms with Crippen molar-refractivity contribution in [2.75, 3.05) is 6.54 Å². The highest BCUT2D eigenvalue weighted by atomic mass is 16.6. The quantitative estimate of drug-likeness (QED) is 0.930. The molecule has 1 aromatic rings. The maximum Gasteiger partial charge on any atom is 0.407 e. The lowest BCUT2D eigenvalue weighted by Crippen LogP contribution is -2.36. The largest absolute Gasteiger partial charge is 0.444 e. The molecule has 0 aliphatic heterocycles. The van der Waals surface area contributed by atoms with E-state index in [1.54, 1.807) is 52.0 Å². The van der Waals surface area contributed by atoms with Crippen LogP contribution in [0.5, 0.6) is 0 Å². The first-order valence-corrected chi connectivity index (χ1v) is 7.55. The van der Waals surface area contributed by atoms with Gasteiger partial charge in [0.05, 0.1) is 0 Å². The van der Waals surface area contributed by atoms with Gasteiger partial charge in [-0.25, -0.2) is 4.79 Å². The topological polar surface area (TPSA) is 72.5 Å². The molecule has 0 saturated carbocycles. The molecule has 1 unspecified atom stereocenters. The molecule has 1 aliphatic rings.